The number of amides is 1. The summed E-state index contributed by atoms with van der Waals surface area (Å²) in [6, 6.07) is 10.1. The van der Waals surface area contributed by atoms with E-state index >= 15 is 0 Å². The minimum Gasteiger partial charge on any atom is -0.450 e. The van der Waals surface area contributed by atoms with Gasteiger partial charge in [0.2, 0.25) is 0 Å². The van der Waals surface area contributed by atoms with Gasteiger partial charge in [0, 0.05) is 31.7 Å². The average Bonchev–Trinajstić information content (AvgIpc) is 3.30. The molecule has 4 rings (SSSR count). The zero-order chi connectivity index (χ0) is 19.7. The summed E-state index contributed by atoms with van der Waals surface area (Å²) < 4.78 is 6.90. The number of H-pyrrole nitrogens is 1. The first-order chi connectivity index (χ1) is 13.6. The lowest BCUT2D eigenvalue weighted by Gasteiger charge is -2.06. The smallest absolute Gasteiger partial charge is 0.407 e. The summed E-state index contributed by atoms with van der Waals surface area (Å²) in [6.07, 6.45) is 1.38. The Morgan fingerprint density at radius 3 is 2.96 bits per heavy atom. The molecule has 3 N–H and O–H groups in total. The molecule has 0 atom stereocenters. The van der Waals surface area contributed by atoms with E-state index in [0.717, 1.165) is 44.7 Å². The van der Waals surface area contributed by atoms with Crippen molar-refractivity contribution in [1.82, 2.24) is 24.8 Å². The Morgan fingerprint density at radius 2 is 2.18 bits per heavy atom. The van der Waals surface area contributed by atoms with Crippen LogP contribution in [0.1, 0.15) is 12.5 Å². The van der Waals surface area contributed by atoms with Crippen LogP contribution in [0.5, 0.6) is 0 Å². The number of carbonyl (C=O) groups excluding carboxylic acids is 1. The number of nitrogens with one attached hydrogen (secondary N) is 3. The van der Waals surface area contributed by atoms with Crippen LogP contribution in [0.2, 0.25) is 0 Å². The molecule has 8 heteroatoms. The standard InChI is InChI=1S/C20H22N6O2/c1-4-28-20(27)22-10-12-6-5-7-13(8-12)15-9-14-17-16(23-11-26(17)3)19(21-2)25-18(14)24-15/h5-9,11H,4,10H2,1-3H3,(H,22,27)(H2,21,24,25). The molecule has 0 aliphatic carbocycles. The molecule has 0 unspecified atom stereocenters. The Labute approximate surface area is 161 Å². The molecule has 1 aromatic carbocycles. The van der Waals surface area contributed by atoms with Crippen LogP contribution in [0, 0.1) is 0 Å². The molecule has 8 nitrogen and oxygen atoms in total. The predicted octanol–water partition coefficient (Wildman–Crippen LogP) is 3.40. The topological polar surface area (TPSA) is 96.9 Å². The van der Waals surface area contributed by atoms with Crippen molar-refractivity contribution in [3.63, 3.8) is 0 Å². The molecule has 28 heavy (non-hydrogen) atoms. The quantitative estimate of drug-likeness (QED) is 0.494. The Bertz CT molecular complexity index is 1160. The molecule has 0 aliphatic rings. The molecular weight excluding hydrogens is 356 g/mol. The first-order valence-electron chi connectivity index (χ1n) is 9.12. The fourth-order valence-electron chi connectivity index (χ4n) is 3.33. The van der Waals surface area contributed by atoms with Crippen LogP contribution in [0.3, 0.4) is 0 Å². The van der Waals surface area contributed by atoms with Gasteiger partial charge >= 0.3 is 6.09 Å². The predicted molar refractivity (Wildman–Crippen MR) is 109 cm³/mol. The number of rotatable bonds is 5. The van der Waals surface area contributed by atoms with Gasteiger partial charge in [0.15, 0.2) is 5.82 Å². The van der Waals surface area contributed by atoms with Crippen LogP contribution in [0.25, 0.3) is 33.3 Å². The van der Waals surface area contributed by atoms with Crippen LogP contribution < -0.4 is 10.6 Å². The molecule has 1 amide bonds. The molecule has 0 fully saturated rings. The van der Waals surface area contributed by atoms with E-state index in [1.807, 2.05) is 42.9 Å². The van der Waals surface area contributed by atoms with Crippen molar-refractivity contribution >= 4 is 34.0 Å². The van der Waals surface area contributed by atoms with Crippen LogP contribution >= 0.6 is 0 Å². The second-order valence-corrected chi connectivity index (χ2v) is 6.48. The van der Waals surface area contributed by atoms with E-state index < -0.39 is 6.09 Å². The summed E-state index contributed by atoms with van der Waals surface area (Å²) in [7, 11) is 3.81. The summed E-state index contributed by atoms with van der Waals surface area (Å²) in [5.41, 5.74) is 5.62. The number of carbonyl (C=O) groups is 1. The highest BCUT2D eigenvalue weighted by atomic mass is 16.5. The van der Waals surface area contributed by atoms with Gasteiger partial charge in [-0.05, 0) is 30.2 Å². The zero-order valence-corrected chi connectivity index (χ0v) is 16.0. The highest BCUT2D eigenvalue weighted by Gasteiger charge is 2.15. The number of anilines is 1. The number of aryl methyl sites for hydroxylation is 1. The number of pyridine rings is 1. The lowest BCUT2D eigenvalue weighted by atomic mass is 10.1. The number of alkyl carbamates (subject to hydrolysis) is 1. The van der Waals surface area contributed by atoms with E-state index in [-0.39, 0.29) is 0 Å². The lowest BCUT2D eigenvalue weighted by molar-refractivity contribution is 0.151. The first kappa shape index (κ1) is 17.8. The Kier molecular flexibility index (Phi) is 4.60. The van der Waals surface area contributed by atoms with Crippen LogP contribution in [-0.2, 0) is 18.3 Å². The van der Waals surface area contributed by atoms with Crippen LogP contribution in [0.4, 0.5) is 10.6 Å². The van der Waals surface area contributed by atoms with E-state index in [0.29, 0.717) is 13.2 Å². The molecule has 0 saturated carbocycles. The average molecular weight is 378 g/mol. The molecule has 0 bridgehead atoms. The van der Waals surface area contributed by atoms with Crippen LogP contribution in [0.15, 0.2) is 36.7 Å². The number of hydrogen-bond donors (Lipinski definition) is 3. The van der Waals surface area contributed by atoms with Gasteiger partial charge in [-0.3, -0.25) is 0 Å². The Hall–Kier alpha value is -3.55. The fraction of sp³-hybridized carbons (Fsp3) is 0.250. The largest absolute Gasteiger partial charge is 0.450 e. The Morgan fingerprint density at radius 1 is 1.32 bits per heavy atom. The summed E-state index contributed by atoms with van der Waals surface area (Å²) in [5, 5.41) is 6.87. The number of aromatic nitrogens is 4. The highest BCUT2D eigenvalue weighted by molar-refractivity contribution is 6.07. The maximum Gasteiger partial charge on any atom is 0.407 e. The van der Waals surface area contributed by atoms with Gasteiger partial charge in [-0.25, -0.2) is 14.8 Å². The molecule has 0 spiro atoms. The third kappa shape index (κ3) is 3.13. The van der Waals surface area contributed by atoms with Gasteiger partial charge in [0.05, 0.1) is 18.5 Å². The van der Waals surface area contributed by atoms with Crippen molar-refractivity contribution in [2.45, 2.75) is 13.5 Å². The van der Waals surface area contributed by atoms with Gasteiger partial charge < -0.3 is 24.9 Å². The summed E-state index contributed by atoms with van der Waals surface area (Å²) in [5.74, 6) is 0.740. The Balaban J connectivity index is 1.72. The minimum atomic E-state index is -0.416. The third-order valence-electron chi connectivity index (χ3n) is 4.62. The molecule has 0 radical (unpaired) electrons. The van der Waals surface area contributed by atoms with E-state index in [4.69, 9.17) is 4.74 Å². The summed E-state index contributed by atoms with van der Waals surface area (Å²) >= 11 is 0. The van der Waals surface area contributed by atoms with Crippen LogP contribution in [-0.4, -0.2) is 39.3 Å². The van der Waals surface area contributed by atoms with Crippen molar-refractivity contribution in [3.8, 4) is 11.3 Å². The van der Waals surface area contributed by atoms with Gasteiger partial charge in [0.25, 0.3) is 0 Å². The highest BCUT2D eigenvalue weighted by Crippen LogP contribution is 2.31. The number of hydrogen-bond acceptors (Lipinski definition) is 5. The lowest BCUT2D eigenvalue weighted by Crippen LogP contribution is -2.23. The SMILES string of the molecule is CCOC(=O)NCc1cccc(-c2cc3c(nc(NC)c4ncn(C)c43)[nH]2)c1. The minimum absolute atomic E-state index is 0.352. The van der Waals surface area contributed by atoms with E-state index in [1.54, 1.807) is 13.3 Å². The molecule has 144 valence electrons. The zero-order valence-electron chi connectivity index (χ0n) is 16.0. The molecule has 3 aromatic heterocycles. The third-order valence-corrected chi connectivity index (χ3v) is 4.62. The second kappa shape index (κ2) is 7.22. The van der Waals surface area contributed by atoms with Gasteiger partial charge in [0.1, 0.15) is 11.2 Å². The molecule has 0 aliphatic heterocycles. The number of ether oxygens (including phenoxy) is 1. The summed E-state index contributed by atoms with van der Waals surface area (Å²) in [6.45, 7) is 2.54. The van der Waals surface area contributed by atoms with E-state index in [2.05, 4.69) is 31.7 Å². The molecule has 4 aromatic rings. The molecular formula is C20H22N6O2. The van der Waals surface area contributed by atoms with Gasteiger partial charge in [-0.2, -0.15) is 0 Å². The second-order valence-electron chi connectivity index (χ2n) is 6.48. The van der Waals surface area contributed by atoms with Gasteiger partial charge in [-0.15, -0.1) is 0 Å². The van der Waals surface area contributed by atoms with Crippen molar-refractivity contribution in [3.05, 3.63) is 42.2 Å². The van der Waals surface area contributed by atoms with Gasteiger partial charge in [-0.1, -0.05) is 18.2 Å². The van der Waals surface area contributed by atoms with Crippen molar-refractivity contribution < 1.29 is 9.53 Å². The van der Waals surface area contributed by atoms with Crippen molar-refractivity contribution in [2.24, 2.45) is 7.05 Å². The maximum absolute atomic E-state index is 11.5. The maximum atomic E-state index is 11.5. The van der Waals surface area contributed by atoms with E-state index in [9.17, 15) is 4.79 Å². The normalized spacial score (nSPS) is 11.1. The number of imidazole rings is 1. The van der Waals surface area contributed by atoms with E-state index in [1.165, 1.54) is 0 Å². The monoisotopic (exact) mass is 378 g/mol. The number of benzene rings is 1. The van der Waals surface area contributed by atoms with Crippen molar-refractivity contribution in [2.75, 3.05) is 19.0 Å². The first-order valence-corrected chi connectivity index (χ1v) is 9.12. The fourth-order valence-corrected chi connectivity index (χ4v) is 3.33. The molecule has 3 heterocycles. The number of nitrogens with zero attached hydrogens (tertiary/aromatic N) is 3. The number of aromatic amines is 1. The summed E-state index contributed by atoms with van der Waals surface area (Å²) in [4.78, 5) is 24.1. The van der Waals surface area contributed by atoms with Crippen molar-refractivity contribution in [1.29, 1.82) is 0 Å². The number of fused-ring (bicyclic) bond motifs is 3. The molecule has 0 saturated heterocycles.